The number of β-amino-alcohol motifs (C(OH)–C–C–N with tert-alkyl or cyclic N) is 1. The fourth-order valence-corrected chi connectivity index (χ4v) is 2.50. The van der Waals surface area contributed by atoms with Crippen LogP contribution < -0.4 is 5.32 Å². The zero-order valence-electron chi connectivity index (χ0n) is 11.1. The van der Waals surface area contributed by atoms with Crippen LogP contribution in [0.2, 0.25) is 0 Å². The first-order valence-corrected chi connectivity index (χ1v) is 6.71. The van der Waals surface area contributed by atoms with E-state index in [0.29, 0.717) is 0 Å². The maximum absolute atomic E-state index is 9.76. The van der Waals surface area contributed by atoms with Crippen LogP contribution in [0.4, 0.5) is 0 Å². The van der Waals surface area contributed by atoms with E-state index in [4.69, 9.17) is 0 Å². The van der Waals surface area contributed by atoms with Crippen molar-refractivity contribution in [1.82, 2.24) is 10.2 Å². The van der Waals surface area contributed by atoms with E-state index < -0.39 is 5.60 Å². The van der Waals surface area contributed by atoms with Crippen molar-refractivity contribution >= 4 is 12.4 Å². The first-order chi connectivity index (χ1) is 7.53. The lowest BCUT2D eigenvalue weighted by Crippen LogP contribution is -2.47. The van der Waals surface area contributed by atoms with Gasteiger partial charge in [-0.25, -0.2) is 0 Å². The number of likely N-dealkylation sites (tertiary alicyclic amines) is 1. The van der Waals surface area contributed by atoms with E-state index in [1.54, 1.807) is 0 Å². The summed E-state index contributed by atoms with van der Waals surface area (Å²) in [5, 5.41) is 13.4. The highest BCUT2D eigenvalue weighted by Crippen LogP contribution is 2.28. The fraction of sp³-hybridized carbons (Fsp3) is 1.00. The van der Waals surface area contributed by atoms with E-state index in [2.05, 4.69) is 10.2 Å². The minimum atomic E-state index is -0.547. The molecule has 1 aliphatic heterocycles. The van der Waals surface area contributed by atoms with Crippen molar-refractivity contribution in [2.75, 3.05) is 26.2 Å². The molecule has 2 aliphatic rings. The Hall–Kier alpha value is 0.170. The van der Waals surface area contributed by atoms with Crippen LogP contribution >= 0.6 is 12.4 Å². The first kappa shape index (κ1) is 15.2. The van der Waals surface area contributed by atoms with Crippen LogP contribution in [0.1, 0.15) is 39.5 Å². The summed E-state index contributed by atoms with van der Waals surface area (Å²) in [5.41, 5.74) is -0.547. The summed E-state index contributed by atoms with van der Waals surface area (Å²) in [6.45, 7) is 8.09. The van der Waals surface area contributed by atoms with E-state index in [0.717, 1.165) is 31.6 Å². The molecule has 2 N–H and O–H groups in total. The van der Waals surface area contributed by atoms with Crippen molar-refractivity contribution in [2.45, 2.75) is 51.2 Å². The second-order valence-corrected chi connectivity index (χ2v) is 6.21. The van der Waals surface area contributed by atoms with Crippen molar-refractivity contribution in [3.8, 4) is 0 Å². The summed E-state index contributed by atoms with van der Waals surface area (Å²) in [6.07, 6.45) is 5.35. The highest BCUT2D eigenvalue weighted by molar-refractivity contribution is 5.85. The predicted molar refractivity (Wildman–Crippen MR) is 73.7 cm³/mol. The third-order valence-electron chi connectivity index (χ3n) is 3.59. The maximum atomic E-state index is 9.76. The van der Waals surface area contributed by atoms with Gasteiger partial charge in [-0.2, -0.15) is 0 Å². The summed E-state index contributed by atoms with van der Waals surface area (Å²) in [4.78, 5) is 2.38. The van der Waals surface area contributed by atoms with Crippen LogP contribution in [0.25, 0.3) is 0 Å². The van der Waals surface area contributed by atoms with Crippen LogP contribution in [0.15, 0.2) is 0 Å². The maximum Gasteiger partial charge on any atom is 0.0718 e. The summed E-state index contributed by atoms with van der Waals surface area (Å²) in [5.74, 6) is 0.981. The molecule has 0 spiro atoms. The number of nitrogens with one attached hydrogen (secondary N) is 1. The lowest BCUT2D eigenvalue weighted by Gasteiger charge is -2.35. The number of rotatable bonds is 5. The standard InChI is InChI=1S/C13H26N2O.ClH/c1-13(2,16)10-15-7-5-12(6-8-15)14-9-11-3-4-11;/h11-12,14,16H,3-10H2,1-2H3;1H. The summed E-state index contributed by atoms with van der Waals surface area (Å²) in [7, 11) is 0. The lowest BCUT2D eigenvalue weighted by atomic mass is 10.0. The molecule has 0 unspecified atom stereocenters. The van der Waals surface area contributed by atoms with Crippen LogP contribution in [0.3, 0.4) is 0 Å². The number of halogens is 1. The molecule has 2 rings (SSSR count). The van der Waals surface area contributed by atoms with Crippen molar-refractivity contribution in [3.05, 3.63) is 0 Å². The molecule has 0 radical (unpaired) electrons. The molecule has 17 heavy (non-hydrogen) atoms. The van der Waals surface area contributed by atoms with Crippen LogP contribution in [0, 0.1) is 5.92 Å². The van der Waals surface area contributed by atoms with Gasteiger partial charge in [0.2, 0.25) is 0 Å². The zero-order valence-corrected chi connectivity index (χ0v) is 11.9. The van der Waals surface area contributed by atoms with E-state index in [9.17, 15) is 5.11 Å². The number of hydrogen-bond donors (Lipinski definition) is 2. The SMILES string of the molecule is CC(C)(O)CN1CCC(NCC2CC2)CC1.Cl. The number of piperidine rings is 1. The van der Waals surface area contributed by atoms with Crippen molar-refractivity contribution in [2.24, 2.45) is 5.92 Å². The molecule has 1 saturated heterocycles. The van der Waals surface area contributed by atoms with Gasteiger partial charge in [0.15, 0.2) is 0 Å². The lowest BCUT2D eigenvalue weighted by molar-refractivity contribution is 0.0269. The van der Waals surface area contributed by atoms with Gasteiger partial charge >= 0.3 is 0 Å². The van der Waals surface area contributed by atoms with Gasteiger partial charge in [-0.05, 0) is 65.1 Å². The molecular formula is C13H27ClN2O. The van der Waals surface area contributed by atoms with Gasteiger partial charge in [-0.3, -0.25) is 0 Å². The second-order valence-electron chi connectivity index (χ2n) is 6.21. The zero-order chi connectivity index (χ0) is 11.6. The van der Waals surface area contributed by atoms with Crippen molar-refractivity contribution < 1.29 is 5.11 Å². The second kappa shape index (κ2) is 6.37. The number of nitrogens with zero attached hydrogens (tertiary/aromatic N) is 1. The molecule has 2 fully saturated rings. The molecule has 102 valence electrons. The summed E-state index contributed by atoms with van der Waals surface area (Å²) >= 11 is 0. The Balaban J connectivity index is 0.00000144. The van der Waals surface area contributed by atoms with E-state index >= 15 is 0 Å². The number of hydrogen-bond acceptors (Lipinski definition) is 3. The molecule has 1 aliphatic carbocycles. The third-order valence-corrected chi connectivity index (χ3v) is 3.59. The minimum absolute atomic E-state index is 0. The van der Waals surface area contributed by atoms with Gasteiger partial charge < -0.3 is 15.3 Å². The highest BCUT2D eigenvalue weighted by Gasteiger charge is 2.26. The Morgan fingerprint density at radius 1 is 1.18 bits per heavy atom. The minimum Gasteiger partial charge on any atom is -0.389 e. The smallest absolute Gasteiger partial charge is 0.0718 e. The molecule has 0 aromatic carbocycles. The Morgan fingerprint density at radius 3 is 2.24 bits per heavy atom. The summed E-state index contributed by atoms with van der Waals surface area (Å²) in [6, 6.07) is 0.721. The Bertz CT molecular complexity index is 218. The van der Waals surface area contributed by atoms with E-state index in [1.807, 2.05) is 13.8 Å². The first-order valence-electron chi connectivity index (χ1n) is 6.71. The average molecular weight is 263 g/mol. The van der Waals surface area contributed by atoms with Crippen LogP contribution in [0.5, 0.6) is 0 Å². The van der Waals surface area contributed by atoms with E-state index in [1.165, 1.54) is 32.2 Å². The Kier molecular flexibility index (Phi) is 5.71. The fourth-order valence-electron chi connectivity index (χ4n) is 2.50. The molecular weight excluding hydrogens is 236 g/mol. The predicted octanol–water partition coefficient (Wildman–Crippen LogP) is 1.64. The largest absolute Gasteiger partial charge is 0.389 e. The van der Waals surface area contributed by atoms with Crippen molar-refractivity contribution in [3.63, 3.8) is 0 Å². The average Bonchev–Trinajstić information content (AvgIpc) is 2.98. The van der Waals surface area contributed by atoms with Gasteiger partial charge in [0.05, 0.1) is 5.60 Å². The molecule has 0 aromatic rings. The quantitative estimate of drug-likeness (QED) is 0.791. The molecule has 1 heterocycles. The van der Waals surface area contributed by atoms with Gasteiger partial charge in [-0.1, -0.05) is 0 Å². The van der Waals surface area contributed by atoms with E-state index in [-0.39, 0.29) is 12.4 Å². The third kappa shape index (κ3) is 6.05. The van der Waals surface area contributed by atoms with Gasteiger partial charge in [-0.15, -0.1) is 12.4 Å². The van der Waals surface area contributed by atoms with Gasteiger partial charge in [0.1, 0.15) is 0 Å². The van der Waals surface area contributed by atoms with Crippen LogP contribution in [-0.2, 0) is 0 Å². The molecule has 3 nitrogen and oxygen atoms in total. The molecule has 0 bridgehead atoms. The van der Waals surface area contributed by atoms with Gasteiger partial charge in [0.25, 0.3) is 0 Å². The summed E-state index contributed by atoms with van der Waals surface area (Å²) < 4.78 is 0. The Labute approximate surface area is 111 Å². The molecule has 0 aromatic heterocycles. The molecule has 0 atom stereocenters. The highest BCUT2D eigenvalue weighted by atomic mass is 35.5. The molecule has 4 heteroatoms. The van der Waals surface area contributed by atoms with Crippen LogP contribution in [-0.4, -0.2) is 47.8 Å². The molecule has 0 amide bonds. The normalized spacial score (nSPS) is 23.5. The molecule has 1 saturated carbocycles. The monoisotopic (exact) mass is 262 g/mol. The Morgan fingerprint density at radius 2 is 1.76 bits per heavy atom. The number of aliphatic hydroxyl groups is 1. The topological polar surface area (TPSA) is 35.5 Å². The van der Waals surface area contributed by atoms with Crippen molar-refractivity contribution in [1.29, 1.82) is 0 Å². The van der Waals surface area contributed by atoms with Gasteiger partial charge in [0, 0.05) is 12.6 Å².